The zero-order chi connectivity index (χ0) is 29.9. The molecule has 230 valence electrons. The van der Waals surface area contributed by atoms with Gasteiger partial charge in [-0.2, -0.15) is 0 Å². The normalized spacial score (nSPS) is 24.6. The number of nitrogens with zero attached hydrogens (tertiary/aromatic N) is 3. The number of carbonyl (C=O) groups excluding carboxylic acids is 2. The zero-order valence-electron chi connectivity index (χ0n) is 26.3. The van der Waals surface area contributed by atoms with Gasteiger partial charge in [0, 0.05) is 68.0 Å². The number of likely N-dealkylation sites (tertiary alicyclic amines) is 1. The largest absolute Gasteiger partial charge is 0.353 e. The first-order valence-electron chi connectivity index (χ1n) is 16.4. The van der Waals surface area contributed by atoms with E-state index in [-0.39, 0.29) is 17.2 Å². The summed E-state index contributed by atoms with van der Waals surface area (Å²) in [5.74, 6) is 1.23. The van der Waals surface area contributed by atoms with Crippen LogP contribution in [-0.4, -0.2) is 89.9 Å². The molecule has 1 saturated carbocycles. The molecular weight excluding hydrogens is 554 g/mol. The number of H-pyrrole nitrogens is 1. The van der Waals surface area contributed by atoms with E-state index in [1.54, 1.807) is 0 Å². The number of fused-ring (bicyclic) bond motifs is 3. The number of amides is 2. The molecule has 2 bridgehead atoms. The quantitative estimate of drug-likeness (QED) is 0.358. The molecule has 0 radical (unpaired) electrons. The zero-order valence-corrected chi connectivity index (χ0v) is 27.1. The van der Waals surface area contributed by atoms with Crippen LogP contribution in [0.4, 0.5) is 0 Å². The van der Waals surface area contributed by atoms with E-state index in [0.29, 0.717) is 24.4 Å². The summed E-state index contributed by atoms with van der Waals surface area (Å²) in [5, 5.41) is 4.61. The number of benzene rings is 1. The molecule has 5 heterocycles. The van der Waals surface area contributed by atoms with Gasteiger partial charge in [0.25, 0.3) is 0 Å². The van der Waals surface area contributed by atoms with Crippen LogP contribution in [-0.2, 0) is 21.4 Å². The Balaban J connectivity index is 1.10. The maximum atomic E-state index is 12.5. The highest BCUT2D eigenvalue weighted by Crippen LogP contribution is 2.47. The summed E-state index contributed by atoms with van der Waals surface area (Å²) in [6.07, 6.45) is 5.38. The molecular formula is C35H47N5O2S. The van der Waals surface area contributed by atoms with Gasteiger partial charge in [-0.25, -0.2) is 0 Å². The standard InChI is InChI=1S/C35H47N5O2S/c1-22-16-23(2)18-24(17-22)32-25(8-11-38-12-14-39(15-13-38)21-31(41)40-9-5-10-40)27-19-30(43-34(27)37-32)35(3,4)20-28-26-6-7-29(28)36-33(26)42/h16-19,26,28-29,37H,5-15,20-21H2,1-4H3,(H,36,42). The lowest BCUT2D eigenvalue weighted by Crippen LogP contribution is -2.52. The van der Waals surface area contributed by atoms with Crippen LogP contribution in [0.25, 0.3) is 21.5 Å². The van der Waals surface area contributed by atoms with Gasteiger partial charge in [-0.1, -0.05) is 31.0 Å². The van der Waals surface area contributed by atoms with Crippen LogP contribution in [0.2, 0.25) is 0 Å². The number of piperidine rings is 1. The van der Waals surface area contributed by atoms with Crippen LogP contribution in [0.5, 0.6) is 0 Å². The average molecular weight is 602 g/mol. The lowest BCUT2D eigenvalue weighted by atomic mass is 9.78. The molecule has 1 aliphatic carbocycles. The van der Waals surface area contributed by atoms with Crippen LogP contribution >= 0.6 is 11.3 Å². The van der Waals surface area contributed by atoms with E-state index >= 15 is 0 Å². The first-order valence-corrected chi connectivity index (χ1v) is 17.2. The lowest BCUT2D eigenvalue weighted by Gasteiger charge is -2.37. The van der Waals surface area contributed by atoms with Crippen molar-refractivity contribution in [3.63, 3.8) is 0 Å². The molecule has 3 saturated heterocycles. The Morgan fingerprint density at radius 3 is 2.33 bits per heavy atom. The summed E-state index contributed by atoms with van der Waals surface area (Å²) in [6, 6.07) is 9.69. The van der Waals surface area contributed by atoms with Crippen molar-refractivity contribution in [1.29, 1.82) is 0 Å². The predicted molar refractivity (Wildman–Crippen MR) is 175 cm³/mol. The van der Waals surface area contributed by atoms with Gasteiger partial charge in [0.15, 0.2) is 0 Å². The maximum absolute atomic E-state index is 12.5. The summed E-state index contributed by atoms with van der Waals surface area (Å²) in [7, 11) is 0. The smallest absolute Gasteiger partial charge is 0.236 e. The van der Waals surface area contributed by atoms with E-state index in [9.17, 15) is 9.59 Å². The van der Waals surface area contributed by atoms with E-state index in [2.05, 4.69) is 72.1 Å². The Morgan fingerprint density at radius 1 is 0.977 bits per heavy atom. The highest BCUT2D eigenvalue weighted by atomic mass is 32.1. The number of aromatic amines is 1. The molecule has 43 heavy (non-hydrogen) atoms. The molecule has 4 aliphatic rings. The van der Waals surface area contributed by atoms with Crippen molar-refractivity contribution < 1.29 is 9.59 Å². The monoisotopic (exact) mass is 601 g/mol. The number of hydrogen-bond donors (Lipinski definition) is 2. The van der Waals surface area contributed by atoms with Gasteiger partial charge in [0.2, 0.25) is 11.8 Å². The summed E-state index contributed by atoms with van der Waals surface area (Å²) < 4.78 is 0. The first kappa shape index (κ1) is 29.1. The molecule has 7 nitrogen and oxygen atoms in total. The first-order chi connectivity index (χ1) is 20.6. The maximum Gasteiger partial charge on any atom is 0.236 e. The van der Waals surface area contributed by atoms with Crippen LogP contribution in [0.15, 0.2) is 24.3 Å². The third kappa shape index (κ3) is 5.67. The second-order valence-corrected chi connectivity index (χ2v) is 15.4. The van der Waals surface area contributed by atoms with Crippen molar-refractivity contribution in [2.45, 2.75) is 71.3 Å². The summed E-state index contributed by atoms with van der Waals surface area (Å²) in [4.78, 5) is 38.3. The van der Waals surface area contributed by atoms with Crippen LogP contribution in [0.1, 0.15) is 61.1 Å². The molecule has 3 aliphatic heterocycles. The Hall–Kier alpha value is -2.68. The molecule has 3 atom stereocenters. The highest BCUT2D eigenvalue weighted by molar-refractivity contribution is 7.18. The molecule has 0 spiro atoms. The number of aryl methyl sites for hydroxylation is 2. The van der Waals surface area contributed by atoms with Crippen molar-refractivity contribution >= 4 is 33.4 Å². The fourth-order valence-electron chi connectivity index (χ4n) is 8.12. The van der Waals surface area contributed by atoms with Crippen molar-refractivity contribution in [1.82, 2.24) is 25.0 Å². The topological polar surface area (TPSA) is 71.7 Å². The molecule has 1 aromatic carbocycles. The molecule has 3 unspecified atom stereocenters. The van der Waals surface area contributed by atoms with E-state index in [0.717, 1.165) is 77.9 Å². The number of piperazine rings is 1. The molecule has 4 fully saturated rings. The Bertz CT molecular complexity index is 1510. The van der Waals surface area contributed by atoms with E-state index < -0.39 is 0 Å². The SMILES string of the molecule is Cc1cc(C)cc(-c2[nH]c3sc(C(C)(C)CC4C5CCC4C(=O)N5)cc3c2CCN2CCN(CC(=O)N3CCC3)CC2)c1. The third-order valence-corrected chi connectivity index (χ3v) is 12.1. The number of hydrogen-bond acceptors (Lipinski definition) is 5. The minimum atomic E-state index is 0.0174. The van der Waals surface area contributed by atoms with Crippen LogP contribution in [0, 0.1) is 25.7 Å². The second-order valence-electron chi connectivity index (χ2n) is 14.4. The van der Waals surface area contributed by atoms with Gasteiger partial charge >= 0.3 is 0 Å². The third-order valence-electron chi connectivity index (χ3n) is 10.7. The fourth-order valence-corrected chi connectivity index (χ4v) is 9.33. The Morgan fingerprint density at radius 2 is 1.70 bits per heavy atom. The van der Waals surface area contributed by atoms with Gasteiger partial charge in [-0.3, -0.25) is 14.5 Å². The molecule has 3 aromatic rings. The van der Waals surface area contributed by atoms with E-state index in [1.807, 2.05) is 16.2 Å². The predicted octanol–water partition coefficient (Wildman–Crippen LogP) is 5.10. The number of aromatic nitrogens is 1. The number of rotatable bonds is 9. The van der Waals surface area contributed by atoms with Crippen molar-refractivity contribution in [3.05, 3.63) is 45.8 Å². The van der Waals surface area contributed by atoms with Crippen LogP contribution < -0.4 is 5.32 Å². The number of nitrogens with one attached hydrogen (secondary N) is 2. The summed E-state index contributed by atoms with van der Waals surface area (Å²) >= 11 is 1.91. The number of carbonyl (C=O) groups is 2. The summed E-state index contributed by atoms with van der Waals surface area (Å²) in [5.41, 5.74) is 6.56. The second kappa shape index (κ2) is 11.4. The molecule has 2 amide bonds. The van der Waals surface area contributed by atoms with Gasteiger partial charge in [0.05, 0.1) is 12.2 Å². The van der Waals surface area contributed by atoms with Gasteiger partial charge in [-0.15, -0.1) is 11.3 Å². The van der Waals surface area contributed by atoms with Crippen molar-refractivity contribution in [2.75, 3.05) is 52.4 Å². The Labute approximate surface area is 260 Å². The minimum absolute atomic E-state index is 0.0174. The average Bonchev–Trinajstić information content (AvgIpc) is 3.66. The van der Waals surface area contributed by atoms with E-state index in [4.69, 9.17) is 0 Å². The van der Waals surface area contributed by atoms with Gasteiger partial charge in [-0.05, 0) is 86.6 Å². The Kier molecular flexibility index (Phi) is 7.67. The lowest BCUT2D eigenvalue weighted by molar-refractivity contribution is -0.136. The van der Waals surface area contributed by atoms with Crippen molar-refractivity contribution in [3.8, 4) is 11.3 Å². The molecule has 8 heteroatoms. The summed E-state index contributed by atoms with van der Waals surface area (Å²) in [6.45, 7) is 16.5. The fraction of sp³-hybridized carbons (Fsp3) is 0.600. The molecule has 2 N–H and O–H groups in total. The number of thiophene rings is 1. The molecule has 2 aromatic heterocycles. The highest BCUT2D eigenvalue weighted by Gasteiger charge is 2.49. The van der Waals surface area contributed by atoms with Gasteiger partial charge in [0.1, 0.15) is 4.83 Å². The minimum Gasteiger partial charge on any atom is -0.353 e. The molecule has 7 rings (SSSR count). The van der Waals surface area contributed by atoms with Crippen molar-refractivity contribution in [2.24, 2.45) is 11.8 Å². The van der Waals surface area contributed by atoms with Crippen LogP contribution in [0.3, 0.4) is 0 Å². The van der Waals surface area contributed by atoms with Gasteiger partial charge < -0.3 is 20.1 Å². The van der Waals surface area contributed by atoms with E-state index in [1.165, 1.54) is 43.0 Å².